The molecule has 3 aromatic rings. The summed E-state index contributed by atoms with van der Waals surface area (Å²) < 4.78 is 40.4. The van der Waals surface area contributed by atoms with Crippen LogP contribution in [0.25, 0.3) is 21.7 Å². The third-order valence-corrected chi connectivity index (χ3v) is 4.45. The van der Waals surface area contributed by atoms with Crippen LogP contribution in [0.2, 0.25) is 0 Å². The minimum Gasteiger partial charge on any atom is -0.365 e. The van der Waals surface area contributed by atoms with Crippen LogP contribution in [-0.2, 0) is 6.18 Å². The number of halogens is 3. The Kier molecular flexibility index (Phi) is 4.11. The lowest BCUT2D eigenvalue weighted by atomic mass is 9.95. The molecule has 0 spiro atoms. The van der Waals surface area contributed by atoms with Gasteiger partial charge in [-0.1, -0.05) is 42.5 Å². The Morgan fingerprint density at radius 2 is 1.75 bits per heavy atom. The number of rotatable bonds is 3. The second-order valence-electron chi connectivity index (χ2n) is 4.99. The van der Waals surface area contributed by atoms with Crippen LogP contribution >= 0.6 is 11.3 Å². The summed E-state index contributed by atoms with van der Waals surface area (Å²) in [5.41, 5.74) is 5.38. The van der Waals surface area contributed by atoms with E-state index in [0.29, 0.717) is 11.1 Å². The van der Waals surface area contributed by atoms with Gasteiger partial charge in [0, 0.05) is 5.56 Å². The summed E-state index contributed by atoms with van der Waals surface area (Å²) in [6.07, 6.45) is -3.34. The topological polar surface area (TPSA) is 56.0 Å². The predicted molar refractivity (Wildman–Crippen MR) is 86.5 cm³/mol. The third kappa shape index (κ3) is 3.03. The number of alkyl halides is 3. The molecule has 3 rings (SSSR count). The Labute approximate surface area is 139 Å². The Bertz CT molecular complexity index is 888. The standard InChI is InChI=1S/C17H11F3N2OS/c18-17(19,20)12-8-4-7-11(10-5-2-1-3-6-10)14(12)16-22-9-13(24-16)15(21)23/h1-9H,(H2,21,23). The summed E-state index contributed by atoms with van der Waals surface area (Å²) in [5, 5.41) is 0.107. The SMILES string of the molecule is NC(=O)c1cnc(-c2c(-c3ccccc3)cccc2C(F)(F)F)s1. The van der Waals surface area contributed by atoms with Crippen molar-refractivity contribution in [3.8, 4) is 21.7 Å². The van der Waals surface area contributed by atoms with Crippen LogP contribution in [0.3, 0.4) is 0 Å². The zero-order chi connectivity index (χ0) is 17.3. The van der Waals surface area contributed by atoms with Crippen molar-refractivity contribution in [3.05, 3.63) is 65.2 Å². The first kappa shape index (κ1) is 16.2. The maximum atomic E-state index is 13.5. The number of thiazole rings is 1. The highest BCUT2D eigenvalue weighted by molar-refractivity contribution is 7.17. The van der Waals surface area contributed by atoms with Gasteiger partial charge >= 0.3 is 6.18 Å². The van der Waals surface area contributed by atoms with Gasteiger partial charge in [-0.15, -0.1) is 11.3 Å². The van der Waals surface area contributed by atoms with E-state index in [1.54, 1.807) is 36.4 Å². The fourth-order valence-corrected chi connectivity index (χ4v) is 3.22. The number of amides is 1. The summed E-state index contributed by atoms with van der Waals surface area (Å²) in [6, 6.07) is 12.7. The first-order valence-electron chi connectivity index (χ1n) is 6.89. The number of hydrogen-bond donors (Lipinski definition) is 1. The van der Waals surface area contributed by atoms with E-state index in [2.05, 4.69) is 4.98 Å². The molecule has 0 aliphatic carbocycles. The molecule has 0 radical (unpaired) electrons. The van der Waals surface area contributed by atoms with Crippen molar-refractivity contribution in [1.82, 2.24) is 4.98 Å². The fraction of sp³-hybridized carbons (Fsp3) is 0.0588. The summed E-state index contributed by atoms with van der Waals surface area (Å²) >= 11 is 0.848. The van der Waals surface area contributed by atoms with Crippen LogP contribution in [0.4, 0.5) is 13.2 Å². The molecule has 1 heterocycles. The molecule has 2 aromatic carbocycles. The predicted octanol–water partition coefficient (Wildman–Crippen LogP) is 4.59. The van der Waals surface area contributed by atoms with Crippen molar-refractivity contribution in [2.45, 2.75) is 6.18 Å². The zero-order valence-electron chi connectivity index (χ0n) is 12.2. The molecular weight excluding hydrogens is 337 g/mol. The highest BCUT2D eigenvalue weighted by Crippen LogP contribution is 2.43. The van der Waals surface area contributed by atoms with Gasteiger partial charge < -0.3 is 5.73 Å². The molecule has 7 heteroatoms. The van der Waals surface area contributed by atoms with Crippen LogP contribution in [0.15, 0.2) is 54.7 Å². The maximum Gasteiger partial charge on any atom is 0.417 e. The van der Waals surface area contributed by atoms with Gasteiger partial charge in [0.15, 0.2) is 0 Å². The van der Waals surface area contributed by atoms with E-state index in [-0.39, 0.29) is 15.4 Å². The second kappa shape index (κ2) is 6.09. The fourth-order valence-electron chi connectivity index (χ4n) is 2.38. The van der Waals surface area contributed by atoms with Gasteiger partial charge in [0.25, 0.3) is 5.91 Å². The van der Waals surface area contributed by atoms with E-state index >= 15 is 0 Å². The summed E-state index contributed by atoms with van der Waals surface area (Å²) in [7, 11) is 0. The molecule has 0 saturated heterocycles. The minimum atomic E-state index is -4.54. The second-order valence-corrected chi connectivity index (χ2v) is 6.02. The van der Waals surface area contributed by atoms with Gasteiger partial charge in [-0.2, -0.15) is 13.2 Å². The first-order chi connectivity index (χ1) is 11.4. The highest BCUT2D eigenvalue weighted by Gasteiger charge is 2.35. The van der Waals surface area contributed by atoms with Crippen LogP contribution in [0.5, 0.6) is 0 Å². The number of aromatic nitrogens is 1. The molecule has 122 valence electrons. The summed E-state index contributed by atoms with van der Waals surface area (Å²) in [4.78, 5) is 15.4. The Balaban J connectivity index is 2.29. The number of hydrogen-bond acceptors (Lipinski definition) is 3. The van der Waals surface area contributed by atoms with Crippen LogP contribution in [0, 0.1) is 0 Å². The number of carbonyl (C=O) groups is 1. The number of carbonyl (C=O) groups excluding carboxylic acids is 1. The molecule has 1 amide bonds. The lowest BCUT2D eigenvalue weighted by molar-refractivity contribution is -0.137. The average Bonchev–Trinajstić information content (AvgIpc) is 3.04. The molecule has 0 unspecified atom stereocenters. The third-order valence-electron chi connectivity index (χ3n) is 3.42. The van der Waals surface area contributed by atoms with E-state index < -0.39 is 17.6 Å². The molecule has 0 aliphatic heterocycles. The first-order valence-corrected chi connectivity index (χ1v) is 7.71. The van der Waals surface area contributed by atoms with E-state index in [1.807, 2.05) is 0 Å². The summed E-state index contributed by atoms with van der Waals surface area (Å²) in [5.74, 6) is -0.718. The van der Waals surface area contributed by atoms with E-state index in [4.69, 9.17) is 5.73 Å². The van der Waals surface area contributed by atoms with Crippen LogP contribution in [-0.4, -0.2) is 10.9 Å². The van der Waals surface area contributed by atoms with Crippen molar-refractivity contribution in [3.63, 3.8) is 0 Å². The molecule has 3 nitrogen and oxygen atoms in total. The minimum absolute atomic E-state index is 0.0475. The number of nitrogens with two attached hydrogens (primary N) is 1. The van der Waals surface area contributed by atoms with Gasteiger partial charge in [0.2, 0.25) is 0 Å². The molecule has 0 fully saturated rings. The molecule has 2 N–H and O–H groups in total. The monoisotopic (exact) mass is 348 g/mol. The molecule has 0 saturated carbocycles. The largest absolute Gasteiger partial charge is 0.417 e. The van der Waals surface area contributed by atoms with E-state index in [0.717, 1.165) is 17.4 Å². The molecule has 0 aliphatic rings. The van der Waals surface area contributed by atoms with E-state index in [9.17, 15) is 18.0 Å². The Hall–Kier alpha value is -2.67. The van der Waals surface area contributed by atoms with Gasteiger partial charge in [-0.25, -0.2) is 4.98 Å². The van der Waals surface area contributed by atoms with Gasteiger partial charge in [0.1, 0.15) is 9.88 Å². The zero-order valence-corrected chi connectivity index (χ0v) is 13.0. The molecule has 0 bridgehead atoms. The number of benzene rings is 2. The lowest BCUT2D eigenvalue weighted by Gasteiger charge is -2.15. The van der Waals surface area contributed by atoms with Crippen molar-refractivity contribution >= 4 is 17.2 Å². The van der Waals surface area contributed by atoms with Crippen molar-refractivity contribution in [2.75, 3.05) is 0 Å². The molecular formula is C17H11F3N2OS. The molecule has 1 aromatic heterocycles. The summed E-state index contributed by atoms with van der Waals surface area (Å²) in [6.45, 7) is 0. The quantitative estimate of drug-likeness (QED) is 0.752. The van der Waals surface area contributed by atoms with Gasteiger partial charge in [-0.05, 0) is 17.2 Å². The highest BCUT2D eigenvalue weighted by atomic mass is 32.1. The van der Waals surface area contributed by atoms with Crippen molar-refractivity contribution < 1.29 is 18.0 Å². The number of primary amides is 1. The van der Waals surface area contributed by atoms with Gasteiger partial charge in [0.05, 0.1) is 11.8 Å². The maximum absolute atomic E-state index is 13.5. The van der Waals surface area contributed by atoms with Crippen LogP contribution in [0.1, 0.15) is 15.2 Å². The number of nitrogens with zero attached hydrogens (tertiary/aromatic N) is 1. The Morgan fingerprint density at radius 3 is 2.33 bits per heavy atom. The lowest BCUT2D eigenvalue weighted by Crippen LogP contribution is -2.08. The molecule has 0 atom stereocenters. The van der Waals surface area contributed by atoms with Crippen LogP contribution < -0.4 is 5.73 Å². The van der Waals surface area contributed by atoms with Crippen molar-refractivity contribution in [2.24, 2.45) is 5.73 Å². The smallest absolute Gasteiger partial charge is 0.365 e. The average molecular weight is 348 g/mol. The molecule has 24 heavy (non-hydrogen) atoms. The Morgan fingerprint density at radius 1 is 1.04 bits per heavy atom. The van der Waals surface area contributed by atoms with Gasteiger partial charge in [-0.3, -0.25) is 4.79 Å². The van der Waals surface area contributed by atoms with E-state index in [1.165, 1.54) is 12.3 Å². The van der Waals surface area contributed by atoms with Crippen molar-refractivity contribution in [1.29, 1.82) is 0 Å². The normalized spacial score (nSPS) is 11.5.